The molecule has 1 aromatic rings. The smallest absolute Gasteiger partial charge is 0.0348 e. The van der Waals surface area contributed by atoms with Gasteiger partial charge in [-0.15, -0.1) is 0 Å². The van der Waals surface area contributed by atoms with Crippen LogP contribution in [0.4, 0.5) is 0 Å². The summed E-state index contributed by atoms with van der Waals surface area (Å²) in [5.41, 5.74) is 7.22. The summed E-state index contributed by atoms with van der Waals surface area (Å²) < 4.78 is 1.18. The minimum absolute atomic E-state index is 0.536. The van der Waals surface area contributed by atoms with Crippen LogP contribution in [0, 0.1) is 0 Å². The lowest BCUT2D eigenvalue weighted by molar-refractivity contribution is 0.0871. The molecule has 2 unspecified atom stereocenters. The van der Waals surface area contributed by atoms with Crippen molar-refractivity contribution < 1.29 is 0 Å². The summed E-state index contributed by atoms with van der Waals surface area (Å²) in [6.45, 7) is 4.31. The summed E-state index contributed by atoms with van der Waals surface area (Å²) in [6, 6.07) is 9.97. The Morgan fingerprint density at radius 2 is 2.26 bits per heavy atom. The third kappa shape index (κ3) is 3.80. The van der Waals surface area contributed by atoms with Crippen LogP contribution in [0.15, 0.2) is 28.7 Å². The molecule has 106 valence electrons. The number of halogens is 1. The van der Waals surface area contributed by atoms with E-state index >= 15 is 0 Å². The van der Waals surface area contributed by atoms with Gasteiger partial charge in [0.2, 0.25) is 0 Å². The molecular weight excluding hydrogens is 300 g/mol. The number of nitrogens with two attached hydrogens (primary N) is 1. The second-order valence-electron chi connectivity index (χ2n) is 5.44. The molecule has 1 fully saturated rings. The number of piperidine rings is 1. The maximum atomic E-state index is 5.79. The predicted molar refractivity (Wildman–Crippen MR) is 85.2 cm³/mol. The van der Waals surface area contributed by atoms with E-state index in [1.54, 1.807) is 0 Å². The molecule has 1 aliphatic heterocycles. The van der Waals surface area contributed by atoms with Crippen molar-refractivity contribution >= 4 is 15.9 Å². The van der Waals surface area contributed by atoms with Gasteiger partial charge in [-0.05, 0) is 56.5 Å². The van der Waals surface area contributed by atoms with E-state index in [0.717, 1.165) is 19.4 Å². The van der Waals surface area contributed by atoms with Gasteiger partial charge in [-0.25, -0.2) is 0 Å². The Bertz CT molecular complexity index is 392. The van der Waals surface area contributed by atoms with Crippen molar-refractivity contribution in [2.75, 3.05) is 13.1 Å². The summed E-state index contributed by atoms with van der Waals surface area (Å²) >= 11 is 3.59. The molecular formula is C16H25BrN2. The van der Waals surface area contributed by atoms with Crippen LogP contribution in [0.5, 0.6) is 0 Å². The van der Waals surface area contributed by atoms with Gasteiger partial charge in [0.05, 0.1) is 0 Å². The van der Waals surface area contributed by atoms with E-state index in [1.165, 1.54) is 35.8 Å². The molecule has 3 heteroatoms. The van der Waals surface area contributed by atoms with Crippen molar-refractivity contribution in [2.45, 2.75) is 51.1 Å². The number of rotatable bonds is 5. The average Bonchev–Trinajstić information content (AvgIpc) is 2.42. The van der Waals surface area contributed by atoms with Gasteiger partial charge < -0.3 is 5.73 Å². The summed E-state index contributed by atoms with van der Waals surface area (Å²) in [7, 11) is 0. The maximum absolute atomic E-state index is 5.79. The fraction of sp³-hybridized carbons (Fsp3) is 0.625. The zero-order valence-electron chi connectivity index (χ0n) is 11.8. The highest BCUT2D eigenvalue weighted by Gasteiger charge is 2.28. The first-order valence-electron chi connectivity index (χ1n) is 7.47. The lowest BCUT2D eigenvalue weighted by Crippen LogP contribution is -2.42. The zero-order valence-corrected chi connectivity index (χ0v) is 13.4. The van der Waals surface area contributed by atoms with Gasteiger partial charge in [0, 0.05) is 16.6 Å². The molecule has 1 aliphatic rings. The lowest BCUT2D eigenvalue weighted by Gasteiger charge is -2.41. The molecule has 0 spiro atoms. The summed E-state index contributed by atoms with van der Waals surface area (Å²) in [5, 5.41) is 0. The van der Waals surface area contributed by atoms with E-state index in [2.05, 4.69) is 52.0 Å². The maximum Gasteiger partial charge on any atom is 0.0348 e. The topological polar surface area (TPSA) is 29.3 Å². The highest BCUT2D eigenvalue weighted by molar-refractivity contribution is 9.10. The molecule has 2 atom stereocenters. The van der Waals surface area contributed by atoms with Crippen molar-refractivity contribution in [2.24, 2.45) is 5.73 Å². The fourth-order valence-electron chi connectivity index (χ4n) is 3.31. The summed E-state index contributed by atoms with van der Waals surface area (Å²) in [6.07, 6.45) is 6.28. The first kappa shape index (κ1) is 15.0. The quantitative estimate of drug-likeness (QED) is 0.883. The molecule has 19 heavy (non-hydrogen) atoms. The number of hydrogen-bond donors (Lipinski definition) is 1. The first-order chi connectivity index (χ1) is 9.26. The van der Waals surface area contributed by atoms with Crippen molar-refractivity contribution in [1.82, 2.24) is 4.90 Å². The SMILES string of the molecule is CCC(c1cccc(Br)c1)N1CCCCC1CCN. The second kappa shape index (κ2) is 7.41. The number of likely N-dealkylation sites (tertiary alicyclic amines) is 1. The summed E-state index contributed by atoms with van der Waals surface area (Å²) in [4.78, 5) is 2.69. The van der Waals surface area contributed by atoms with Crippen LogP contribution < -0.4 is 5.73 Å². The molecule has 0 bridgehead atoms. The van der Waals surface area contributed by atoms with Crippen LogP contribution in [0.2, 0.25) is 0 Å². The molecule has 2 rings (SSSR count). The molecule has 1 aromatic carbocycles. The average molecular weight is 325 g/mol. The van der Waals surface area contributed by atoms with E-state index in [9.17, 15) is 0 Å². The van der Waals surface area contributed by atoms with Gasteiger partial charge in [-0.2, -0.15) is 0 Å². The lowest BCUT2D eigenvalue weighted by atomic mass is 9.93. The van der Waals surface area contributed by atoms with E-state index in [0.29, 0.717) is 12.1 Å². The van der Waals surface area contributed by atoms with Gasteiger partial charge in [0.1, 0.15) is 0 Å². The Hall–Kier alpha value is -0.380. The molecule has 0 radical (unpaired) electrons. The Balaban J connectivity index is 2.19. The standard InChI is InChI=1S/C16H25BrN2/c1-2-16(13-6-5-7-14(17)12-13)19-11-4-3-8-15(19)9-10-18/h5-7,12,15-16H,2-4,8-11,18H2,1H3. The van der Waals surface area contributed by atoms with Crippen molar-refractivity contribution in [1.29, 1.82) is 0 Å². The van der Waals surface area contributed by atoms with Crippen molar-refractivity contribution in [3.8, 4) is 0 Å². The fourth-order valence-corrected chi connectivity index (χ4v) is 3.73. The van der Waals surface area contributed by atoms with Gasteiger partial charge in [0.15, 0.2) is 0 Å². The zero-order chi connectivity index (χ0) is 13.7. The third-order valence-corrected chi connectivity index (χ3v) is 4.69. The van der Waals surface area contributed by atoms with Crippen LogP contribution in [0.3, 0.4) is 0 Å². The second-order valence-corrected chi connectivity index (χ2v) is 6.36. The molecule has 0 aliphatic carbocycles. The molecule has 0 aromatic heterocycles. The van der Waals surface area contributed by atoms with Crippen molar-refractivity contribution in [3.05, 3.63) is 34.3 Å². The minimum atomic E-state index is 0.536. The highest BCUT2D eigenvalue weighted by atomic mass is 79.9. The number of hydrogen-bond acceptors (Lipinski definition) is 2. The van der Waals surface area contributed by atoms with Crippen LogP contribution >= 0.6 is 15.9 Å². The Morgan fingerprint density at radius 1 is 1.42 bits per heavy atom. The van der Waals surface area contributed by atoms with E-state index < -0.39 is 0 Å². The molecule has 2 N–H and O–H groups in total. The Labute approximate surface area is 125 Å². The molecule has 0 amide bonds. The van der Waals surface area contributed by atoms with Gasteiger partial charge in [0.25, 0.3) is 0 Å². The van der Waals surface area contributed by atoms with Crippen LogP contribution in [0.25, 0.3) is 0 Å². The van der Waals surface area contributed by atoms with Crippen LogP contribution in [-0.4, -0.2) is 24.0 Å². The van der Waals surface area contributed by atoms with E-state index in [-0.39, 0.29) is 0 Å². The highest BCUT2D eigenvalue weighted by Crippen LogP contribution is 2.33. The van der Waals surface area contributed by atoms with E-state index in [1.807, 2.05) is 0 Å². The van der Waals surface area contributed by atoms with Gasteiger partial charge in [-0.3, -0.25) is 4.90 Å². The van der Waals surface area contributed by atoms with Gasteiger partial charge >= 0.3 is 0 Å². The largest absolute Gasteiger partial charge is 0.330 e. The summed E-state index contributed by atoms with van der Waals surface area (Å²) in [5.74, 6) is 0. The molecule has 1 saturated heterocycles. The number of benzene rings is 1. The Kier molecular flexibility index (Phi) is 5.86. The number of nitrogens with zero attached hydrogens (tertiary/aromatic N) is 1. The third-order valence-electron chi connectivity index (χ3n) is 4.19. The van der Waals surface area contributed by atoms with Gasteiger partial charge in [-0.1, -0.05) is 41.4 Å². The monoisotopic (exact) mass is 324 g/mol. The normalized spacial score (nSPS) is 22.4. The molecule has 1 heterocycles. The van der Waals surface area contributed by atoms with Crippen molar-refractivity contribution in [3.63, 3.8) is 0 Å². The minimum Gasteiger partial charge on any atom is -0.330 e. The van der Waals surface area contributed by atoms with Crippen LogP contribution in [-0.2, 0) is 0 Å². The van der Waals surface area contributed by atoms with E-state index in [4.69, 9.17) is 5.73 Å². The molecule has 0 saturated carbocycles. The molecule has 2 nitrogen and oxygen atoms in total. The predicted octanol–water partition coefficient (Wildman–Crippen LogP) is 4.10. The van der Waals surface area contributed by atoms with Crippen LogP contribution in [0.1, 0.15) is 50.6 Å². The first-order valence-corrected chi connectivity index (χ1v) is 8.26. The Morgan fingerprint density at radius 3 is 2.95 bits per heavy atom.